The van der Waals surface area contributed by atoms with E-state index in [4.69, 9.17) is 9.47 Å². The normalized spacial score (nSPS) is 21.7. The van der Waals surface area contributed by atoms with Crippen molar-refractivity contribution in [2.45, 2.75) is 45.1 Å². The molecule has 1 atom stereocenters. The van der Waals surface area contributed by atoms with Crippen molar-refractivity contribution in [3.63, 3.8) is 0 Å². The van der Waals surface area contributed by atoms with Crippen molar-refractivity contribution in [3.8, 4) is 11.6 Å². The number of nitrogens with zero attached hydrogens (tertiary/aromatic N) is 2. The summed E-state index contributed by atoms with van der Waals surface area (Å²) in [6.45, 7) is 3.24. The SMILES string of the molecule is CC1(COc2ccc(OC3CCN(c4cc(F)c5c(c4)C(=O)CC5)C3=O)cn2)CC1. The van der Waals surface area contributed by atoms with E-state index in [2.05, 4.69) is 11.9 Å². The number of aromatic nitrogens is 1. The maximum absolute atomic E-state index is 14.4. The fourth-order valence-corrected chi connectivity index (χ4v) is 3.97. The number of amides is 1. The summed E-state index contributed by atoms with van der Waals surface area (Å²) in [6, 6.07) is 6.44. The van der Waals surface area contributed by atoms with Gasteiger partial charge in [-0.2, -0.15) is 0 Å². The average molecular weight is 410 g/mol. The summed E-state index contributed by atoms with van der Waals surface area (Å²) in [5.41, 5.74) is 1.53. The number of benzene rings is 1. The van der Waals surface area contributed by atoms with Crippen LogP contribution in [-0.4, -0.2) is 35.9 Å². The maximum Gasteiger partial charge on any atom is 0.268 e. The van der Waals surface area contributed by atoms with Crippen molar-refractivity contribution in [1.82, 2.24) is 4.98 Å². The highest BCUT2D eigenvalue weighted by Crippen LogP contribution is 2.45. The molecule has 3 aliphatic rings. The van der Waals surface area contributed by atoms with Crippen LogP contribution >= 0.6 is 0 Å². The Morgan fingerprint density at radius 1 is 1.23 bits per heavy atom. The number of carbonyl (C=O) groups is 2. The highest BCUT2D eigenvalue weighted by atomic mass is 19.1. The molecule has 0 bridgehead atoms. The van der Waals surface area contributed by atoms with Crippen LogP contribution in [-0.2, 0) is 11.2 Å². The zero-order valence-corrected chi connectivity index (χ0v) is 16.8. The van der Waals surface area contributed by atoms with E-state index >= 15 is 0 Å². The lowest BCUT2D eigenvalue weighted by Gasteiger charge is -2.18. The van der Waals surface area contributed by atoms with Gasteiger partial charge in [-0.3, -0.25) is 9.59 Å². The maximum atomic E-state index is 14.4. The van der Waals surface area contributed by atoms with Crippen LogP contribution in [0, 0.1) is 11.2 Å². The van der Waals surface area contributed by atoms with Crippen molar-refractivity contribution in [2.75, 3.05) is 18.1 Å². The number of ether oxygens (including phenoxy) is 2. The zero-order chi connectivity index (χ0) is 20.9. The van der Waals surface area contributed by atoms with Crippen LogP contribution in [0.5, 0.6) is 11.6 Å². The second-order valence-electron chi connectivity index (χ2n) is 8.69. The number of hydrogen-bond donors (Lipinski definition) is 0. The summed E-state index contributed by atoms with van der Waals surface area (Å²) < 4.78 is 25.9. The van der Waals surface area contributed by atoms with Crippen molar-refractivity contribution < 1.29 is 23.5 Å². The zero-order valence-electron chi connectivity index (χ0n) is 16.8. The standard InChI is InChI=1S/C23H23FN2O4/c1-23(7-8-23)13-29-21-5-2-15(12-25-21)30-20-6-9-26(22(20)28)14-10-17-16(18(24)11-14)3-4-19(17)27/h2,5,10-12,20H,3-4,6-9,13H2,1H3. The van der Waals surface area contributed by atoms with Gasteiger partial charge in [0.2, 0.25) is 5.88 Å². The Hall–Kier alpha value is -2.96. The Morgan fingerprint density at radius 2 is 2.07 bits per heavy atom. The molecule has 2 heterocycles. The minimum absolute atomic E-state index is 0.0748. The molecule has 0 radical (unpaired) electrons. The van der Waals surface area contributed by atoms with E-state index in [1.807, 2.05) is 0 Å². The van der Waals surface area contributed by atoms with Crippen molar-refractivity contribution in [2.24, 2.45) is 5.41 Å². The van der Waals surface area contributed by atoms with Crippen LogP contribution in [0.1, 0.15) is 48.5 Å². The number of halogens is 1. The first-order chi connectivity index (χ1) is 14.4. The Balaban J connectivity index is 1.25. The van der Waals surface area contributed by atoms with Gasteiger partial charge < -0.3 is 14.4 Å². The second kappa shape index (κ2) is 7.07. The van der Waals surface area contributed by atoms with Gasteiger partial charge in [0.15, 0.2) is 11.9 Å². The van der Waals surface area contributed by atoms with Crippen molar-refractivity contribution in [1.29, 1.82) is 0 Å². The lowest BCUT2D eigenvalue weighted by atomic mass is 10.1. The van der Waals surface area contributed by atoms with Gasteiger partial charge in [0, 0.05) is 42.1 Å². The third kappa shape index (κ3) is 3.53. The van der Waals surface area contributed by atoms with Crippen LogP contribution in [0.2, 0.25) is 0 Å². The predicted molar refractivity (Wildman–Crippen MR) is 108 cm³/mol. The van der Waals surface area contributed by atoms with E-state index < -0.39 is 11.9 Å². The molecular formula is C23H23FN2O4. The molecule has 1 saturated carbocycles. The molecule has 0 spiro atoms. The Kier molecular flexibility index (Phi) is 4.49. The van der Waals surface area contributed by atoms with Crippen LogP contribution in [0.25, 0.3) is 0 Å². The quantitative estimate of drug-likeness (QED) is 0.726. The molecule has 5 rings (SSSR count). The van der Waals surface area contributed by atoms with Crippen LogP contribution < -0.4 is 14.4 Å². The minimum Gasteiger partial charge on any atom is -0.479 e. The summed E-state index contributed by atoms with van der Waals surface area (Å²) in [6.07, 6.45) is 4.45. The molecule has 2 fully saturated rings. The molecule has 6 nitrogen and oxygen atoms in total. The molecule has 2 aliphatic carbocycles. The Morgan fingerprint density at radius 3 is 2.80 bits per heavy atom. The minimum atomic E-state index is -0.670. The molecule has 1 unspecified atom stereocenters. The lowest BCUT2D eigenvalue weighted by Crippen LogP contribution is -2.32. The first kappa shape index (κ1) is 19.0. The Labute approximate surface area is 174 Å². The summed E-state index contributed by atoms with van der Waals surface area (Å²) in [4.78, 5) is 30.6. The number of Topliss-reactive ketones (excluding diaryl/α,β-unsaturated/α-hetero) is 1. The van der Waals surface area contributed by atoms with Gasteiger partial charge in [-0.25, -0.2) is 9.37 Å². The molecule has 7 heteroatoms. The van der Waals surface area contributed by atoms with E-state index in [0.29, 0.717) is 60.9 Å². The van der Waals surface area contributed by atoms with E-state index in [1.54, 1.807) is 24.4 Å². The third-order valence-corrected chi connectivity index (χ3v) is 6.21. The van der Waals surface area contributed by atoms with Gasteiger partial charge in [0.25, 0.3) is 5.91 Å². The Bertz CT molecular complexity index is 1020. The number of anilines is 1. The largest absolute Gasteiger partial charge is 0.479 e. The molecule has 1 aromatic heterocycles. The molecule has 1 saturated heterocycles. The summed E-state index contributed by atoms with van der Waals surface area (Å²) in [5.74, 6) is 0.269. The van der Waals surface area contributed by atoms with Crippen LogP contribution in [0.4, 0.5) is 10.1 Å². The topological polar surface area (TPSA) is 68.7 Å². The molecule has 30 heavy (non-hydrogen) atoms. The highest BCUT2D eigenvalue weighted by molar-refractivity contribution is 6.04. The van der Waals surface area contributed by atoms with Gasteiger partial charge in [-0.05, 0) is 43.0 Å². The molecule has 156 valence electrons. The first-order valence-electron chi connectivity index (χ1n) is 10.3. The number of fused-ring (bicyclic) bond motifs is 1. The van der Waals surface area contributed by atoms with Gasteiger partial charge in [0.1, 0.15) is 11.6 Å². The molecule has 1 aliphatic heterocycles. The van der Waals surface area contributed by atoms with Crippen molar-refractivity contribution in [3.05, 3.63) is 47.4 Å². The van der Waals surface area contributed by atoms with E-state index in [0.717, 1.165) is 0 Å². The van der Waals surface area contributed by atoms with Gasteiger partial charge in [-0.1, -0.05) is 6.92 Å². The fourth-order valence-electron chi connectivity index (χ4n) is 3.97. The van der Waals surface area contributed by atoms with E-state index in [-0.39, 0.29) is 17.1 Å². The van der Waals surface area contributed by atoms with Gasteiger partial charge in [-0.15, -0.1) is 0 Å². The highest BCUT2D eigenvalue weighted by Gasteiger charge is 2.38. The van der Waals surface area contributed by atoms with Crippen LogP contribution in [0.3, 0.4) is 0 Å². The van der Waals surface area contributed by atoms with Crippen molar-refractivity contribution >= 4 is 17.4 Å². The lowest BCUT2D eigenvalue weighted by molar-refractivity contribution is -0.122. The second-order valence-corrected chi connectivity index (χ2v) is 8.69. The molecule has 1 aromatic carbocycles. The fraction of sp³-hybridized carbons (Fsp3) is 0.435. The smallest absolute Gasteiger partial charge is 0.268 e. The number of hydrogen-bond acceptors (Lipinski definition) is 5. The number of carbonyl (C=O) groups excluding carboxylic acids is 2. The summed E-state index contributed by atoms with van der Waals surface area (Å²) in [5, 5.41) is 0. The average Bonchev–Trinajstić information content (AvgIpc) is 3.20. The predicted octanol–water partition coefficient (Wildman–Crippen LogP) is 3.71. The number of pyridine rings is 1. The van der Waals surface area contributed by atoms with Gasteiger partial charge in [0.05, 0.1) is 12.8 Å². The van der Waals surface area contributed by atoms with E-state index in [1.165, 1.54) is 23.8 Å². The molecule has 0 N–H and O–H groups in total. The molecular weight excluding hydrogens is 387 g/mol. The first-order valence-corrected chi connectivity index (χ1v) is 10.3. The van der Waals surface area contributed by atoms with Crippen LogP contribution in [0.15, 0.2) is 30.5 Å². The number of ketones is 1. The molecule has 1 amide bonds. The third-order valence-electron chi connectivity index (χ3n) is 6.21. The summed E-state index contributed by atoms with van der Waals surface area (Å²) in [7, 11) is 0. The number of rotatable bonds is 6. The summed E-state index contributed by atoms with van der Waals surface area (Å²) >= 11 is 0. The molecule has 2 aromatic rings. The van der Waals surface area contributed by atoms with Gasteiger partial charge >= 0.3 is 0 Å². The monoisotopic (exact) mass is 410 g/mol. The van der Waals surface area contributed by atoms with E-state index in [9.17, 15) is 14.0 Å².